The Bertz CT molecular complexity index is 601. The van der Waals surface area contributed by atoms with Crippen molar-refractivity contribution in [2.45, 2.75) is 12.8 Å². The molecule has 1 heterocycles. The molecule has 1 amide bonds. The summed E-state index contributed by atoms with van der Waals surface area (Å²) in [4.78, 5) is 12.7. The highest BCUT2D eigenvalue weighted by Gasteiger charge is 2.22. The summed E-state index contributed by atoms with van der Waals surface area (Å²) in [6.45, 7) is 1.24. The van der Waals surface area contributed by atoms with Gasteiger partial charge in [-0.3, -0.25) is 4.79 Å². The van der Waals surface area contributed by atoms with Gasteiger partial charge in [0.05, 0.1) is 5.75 Å². The molecule has 2 N–H and O–H groups in total. The standard InChI is InChI=1S/C12H15FN2O3S/c13-10-2-3-11-9(8-10)4-6-15(11)5-1-7-19(17,18)12(14)16/h2-3,8H,1,4-7H2,(H2,14,16). The molecule has 0 unspecified atom stereocenters. The van der Waals surface area contributed by atoms with E-state index in [0.717, 1.165) is 24.2 Å². The lowest BCUT2D eigenvalue weighted by Crippen LogP contribution is -2.28. The molecule has 0 saturated heterocycles. The van der Waals surface area contributed by atoms with Crippen molar-refractivity contribution >= 4 is 20.8 Å². The van der Waals surface area contributed by atoms with Crippen LogP contribution in [0.3, 0.4) is 0 Å². The molecule has 7 heteroatoms. The number of benzene rings is 1. The third-order valence-electron chi connectivity index (χ3n) is 3.18. The lowest BCUT2D eigenvalue weighted by molar-refractivity contribution is 0.265. The Morgan fingerprint density at radius 2 is 2.16 bits per heavy atom. The number of halogens is 1. The first-order valence-electron chi connectivity index (χ1n) is 5.96. The minimum atomic E-state index is -3.82. The molecule has 19 heavy (non-hydrogen) atoms. The van der Waals surface area contributed by atoms with Crippen LogP contribution < -0.4 is 10.6 Å². The minimum Gasteiger partial charge on any atom is -0.371 e. The summed E-state index contributed by atoms with van der Waals surface area (Å²) in [6, 6.07) is 4.58. The Kier molecular flexibility index (Phi) is 3.75. The number of nitrogens with two attached hydrogens (primary N) is 1. The minimum absolute atomic E-state index is 0.255. The molecule has 0 radical (unpaired) electrons. The molecule has 5 nitrogen and oxygen atoms in total. The second-order valence-electron chi connectivity index (χ2n) is 4.50. The van der Waals surface area contributed by atoms with E-state index >= 15 is 0 Å². The van der Waals surface area contributed by atoms with Crippen LogP contribution in [-0.2, 0) is 16.3 Å². The fourth-order valence-electron chi connectivity index (χ4n) is 2.22. The van der Waals surface area contributed by atoms with E-state index in [1.165, 1.54) is 12.1 Å². The highest BCUT2D eigenvalue weighted by Crippen LogP contribution is 2.28. The smallest absolute Gasteiger partial charge is 0.333 e. The summed E-state index contributed by atoms with van der Waals surface area (Å²) in [5, 5.41) is -1.28. The van der Waals surface area contributed by atoms with Gasteiger partial charge in [-0.15, -0.1) is 0 Å². The Morgan fingerprint density at radius 3 is 2.84 bits per heavy atom. The number of carbonyl (C=O) groups excluding carboxylic acids is 1. The second kappa shape index (κ2) is 5.16. The van der Waals surface area contributed by atoms with Gasteiger partial charge in [0.25, 0.3) is 0 Å². The number of amides is 1. The van der Waals surface area contributed by atoms with Gasteiger partial charge in [0, 0.05) is 18.8 Å². The van der Waals surface area contributed by atoms with Crippen LogP contribution in [0.25, 0.3) is 0 Å². The van der Waals surface area contributed by atoms with Crippen LogP contribution in [0.5, 0.6) is 0 Å². The Morgan fingerprint density at radius 1 is 1.42 bits per heavy atom. The maximum absolute atomic E-state index is 13.0. The first kappa shape index (κ1) is 13.8. The van der Waals surface area contributed by atoms with Crippen LogP contribution in [0.4, 0.5) is 14.9 Å². The van der Waals surface area contributed by atoms with Crippen LogP contribution in [0.1, 0.15) is 12.0 Å². The van der Waals surface area contributed by atoms with Crippen LogP contribution in [-0.4, -0.2) is 32.5 Å². The molecule has 0 aromatic heterocycles. The number of nitrogens with zero attached hydrogens (tertiary/aromatic N) is 1. The van der Waals surface area contributed by atoms with Crippen molar-refractivity contribution in [3.8, 4) is 0 Å². The van der Waals surface area contributed by atoms with Gasteiger partial charge in [0.2, 0.25) is 9.84 Å². The number of sulfone groups is 1. The number of primary amides is 1. The molecule has 0 atom stereocenters. The van der Waals surface area contributed by atoms with E-state index in [4.69, 9.17) is 5.73 Å². The van der Waals surface area contributed by atoms with Gasteiger partial charge in [-0.1, -0.05) is 0 Å². The monoisotopic (exact) mass is 286 g/mol. The maximum Gasteiger partial charge on any atom is 0.333 e. The summed E-state index contributed by atoms with van der Waals surface area (Å²) in [5.41, 5.74) is 6.63. The van der Waals surface area contributed by atoms with Gasteiger partial charge < -0.3 is 10.6 Å². The van der Waals surface area contributed by atoms with E-state index in [9.17, 15) is 17.6 Å². The van der Waals surface area contributed by atoms with Crippen LogP contribution >= 0.6 is 0 Å². The quantitative estimate of drug-likeness (QED) is 0.898. The van der Waals surface area contributed by atoms with E-state index in [1.807, 2.05) is 4.90 Å². The van der Waals surface area contributed by atoms with E-state index in [-0.39, 0.29) is 11.6 Å². The zero-order valence-electron chi connectivity index (χ0n) is 10.3. The molecular formula is C12H15FN2O3S. The molecule has 104 valence electrons. The second-order valence-corrected chi connectivity index (χ2v) is 6.54. The fraction of sp³-hybridized carbons (Fsp3) is 0.417. The third-order valence-corrected chi connectivity index (χ3v) is 4.62. The molecule has 0 saturated carbocycles. The van der Waals surface area contributed by atoms with E-state index in [1.54, 1.807) is 6.07 Å². The summed E-state index contributed by atoms with van der Waals surface area (Å²) in [5.74, 6) is -0.521. The van der Waals surface area contributed by atoms with E-state index in [0.29, 0.717) is 13.0 Å². The average Bonchev–Trinajstić information content (AvgIpc) is 2.71. The Labute approximate surface area is 111 Å². The van der Waals surface area contributed by atoms with Crippen LogP contribution in [0, 0.1) is 5.82 Å². The number of hydrogen-bond acceptors (Lipinski definition) is 4. The van der Waals surface area contributed by atoms with Crippen molar-refractivity contribution in [1.29, 1.82) is 0 Å². The summed E-state index contributed by atoms with van der Waals surface area (Å²) in [7, 11) is -3.82. The summed E-state index contributed by atoms with van der Waals surface area (Å²) < 4.78 is 35.5. The van der Waals surface area contributed by atoms with Crippen molar-refractivity contribution in [2.75, 3.05) is 23.7 Å². The molecule has 1 aliphatic rings. The number of anilines is 1. The first-order chi connectivity index (χ1) is 8.90. The molecule has 0 spiro atoms. The topological polar surface area (TPSA) is 80.5 Å². The molecule has 1 aromatic carbocycles. The molecule has 0 aliphatic carbocycles. The third kappa shape index (κ3) is 3.04. The van der Waals surface area contributed by atoms with Crippen LogP contribution in [0.15, 0.2) is 18.2 Å². The van der Waals surface area contributed by atoms with Gasteiger partial charge >= 0.3 is 5.24 Å². The predicted octanol–water partition coefficient (Wildman–Crippen LogP) is 1.07. The van der Waals surface area contributed by atoms with Gasteiger partial charge in [-0.25, -0.2) is 12.8 Å². The molecule has 0 fully saturated rings. The normalized spacial score (nSPS) is 14.5. The maximum atomic E-state index is 13.0. The summed E-state index contributed by atoms with van der Waals surface area (Å²) >= 11 is 0. The van der Waals surface area contributed by atoms with Crippen molar-refractivity contribution in [3.63, 3.8) is 0 Å². The van der Waals surface area contributed by atoms with Gasteiger partial charge in [-0.2, -0.15) is 0 Å². The molecule has 1 aliphatic heterocycles. The van der Waals surface area contributed by atoms with Crippen molar-refractivity contribution in [1.82, 2.24) is 0 Å². The van der Waals surface area contributed by atoms with E-state index in [2.05, 4.69) is 0 Å². The van der Waals surface area contributed by atoms with Gasteiger partial charge in [0.15, 0.2) is 0 Å². The summed E-state index contributed by atoms with van der Waals surface area (Å²) in [6.07, 6.45) is 1.07. The van der Waals surface area contributed by atoms with Crippen molar-refractivity contribution in [3.05, 3.63) is 29.6 Å². The highest BCUT2D eigenvalue weighted by molar-refractivity contribution is 8.05. The van der Waals surface area contributed by atoms with Crippen molar-refractivity contribution in [2.24, 2.45) is 5.73 Å². The van der Waals surface area contributed by atoms with Crippen molar-refractivity contribution < 1.29 is 17.6 Å². The first-order valence-corrected chi connectivity index (χ1v) is 7.61. The Balaban J connectivity index is 1.95. The number of carbonyl (C=O) groups is 1. The molecule has 0 bridgehead atoms. The SMILES string of the molecule is NC(=O)S(=O)(=O)CCCN1CCc2cc(F)ccc21. The largest absolute Gasteiger partial charge is 0.371 e. The lowest BCUT2D eigenvalue weighted by atomic mass is 10.2. The van der Waals surface area contributed by atoms with Gasteiger partial charge in [-0.05, 0) is 36.6 Å². The molecule has 2 rings (SSSR count). The number of rotatable bonds is 4. The fourth-order valence-corrected chi connectivity index (χ4v) is 2.93. The molecule has 1 aromatic rings. The molecular weight excluding hydrogens is 271 g/mol. The highest BCUT2D eigenvalue weighted by atomic mass is 32.2. The zero-order chi connectivity index (χ0) is 14.0. The van der Waals surface area contributed by atoms with E-state index < -0.39 is 15.1 Å². The van der Waals surface area contributed by atoms with Gasteiger partial charge in [0.1, 0.15) is 5.82 Å². The van der Waals surface area contributed by atoms with Crippen LogP contribution in [0.2, 0.25) is 0 Å². The number of hydrogen-bond donors (Lipinski definition) is 1. The number of fused-ring (bicyclic) bond motifs is 1. The lowest BCUT2D eigenvalue weighted by Gasteiger charge is -2.18. The predicted molar refractivity (Wildman–Crippen MR) is 70.3 cm³/mol. The Hall–Kier alpha value is -1.63. The zero-order valence-corrected chi connectivity index (χ0v) is 11.1. The average molecular weight is 286 g/mol.